The van der Waals surface area contributed by atoms with Gasteiger partial charge < -0.3 is 10.2 Å². The molecule has 112 valence electrons. The van der Waals surface area contributed by atoms with Crippen LogP contribution in [0.15, 0.2) is 0 Å². The van der Waals surface area contributed by atoms with Gasteiger partial charge in [0.2, 0.25) is 0 Å². The smallest absolute Gasteiger partial charge is 0.0731 e. The van der Waals surface area contributed by atoms with Crippen molar-refractivity contribution in [2.75, 3.05) is 0 Å². The van der Waals surface area contributed by atoms with Crippen LogP contribution >= 0.6 is 0 Å². The van der Waals surface area contributed by atoms with Gasteiger partial charge in [0.15, 0.2) is 0 Å². The molecular formula is C18H28O2. The highest BCUT2D eigenvalue weighted by Crippen LogP contribution is 2.63. The maximum atomic E-state index is 11.5. The van der Waals surface area contributed by atoms with Crippen molar-refractivity contribution in [3.05, 3.63) is 0 Å². The summed E-state index contributed by atoms with van der Waals surface area (Å²) in [5.74, 6) is 3.82. The van der Waals surface area contributed by atoms with Crippen LogP contribution in [0.1, 0.15) is 64.2 Å². The van der Waals surface area contributed by atoms with E-state index >= 15 is 0 Å². The molecule has 0 radical (unpaired) electrons. The van der Waals surface area contributed by atoms with Crippen molar-refractivity contribution in [1.29, 1.82) is 0 Å². The van der Waals surface area contributed by atoms with Gasteiger partial charge in [-0.15, -0.1) is 0 Å². The largest absolute Gasteiger partial charge is 0.389 e. The van der Waals surface area contributed by atoms with Crippen molar-refractivity contribution in [2.24, 2.45) is 35.5 Å². The summed E-state index contributed by atoms with van der Waals surface area (Å²) in [6.07, 6.45) is 11.9. The van der Waals surface area contributed by atoms with Crippen LogP contribution < -0.4 is 0 Å². The average molecular weight is 276 g/mol. The van der Waals surface area contributed by atoms with Crippen molar-refractivity contribution < 1.29 is 10.2 Å². The molecule has 2 heteroatoms. The fourth-order valence-electron chi connectivity index (χ4n) is 6.53. The van der Waals surface area contributed by atoms with Crippen LogP contribution in [0.2, 0.25) is 0 Å². The van der Waals surface area contributed by atoms with Gasteiger partial charge in [-0.25, -0.2) is 0 Å². The normalized spacial score (nSPS) is 50.7. The minimum Gasteiger partial charge on any atom is -0.389 e. The predicted molar refractivity (Wildman–Crippen MR) is 77.0 cm³/mol. The minimum absolute atomic E-state index is 0.503. The first-order valence-electron chi connectivity index (χ1n) is 9.02. The van der Waals surface area contributed by atoms with E-state index in [1.807, 2.05) is 0 Å². The summed E-state index contributed by atoms with van der Waals surface area (Å²) in [6, 6.07) is 0. The predicted octanol–water partition coefficient (Wildman–Crippen LogP) is 3.11. The third kappa shape index (κ3) is 1.64. The third-order valence-corrected chi connectivity index (χ3v) is 7.69. The molecule has 0 atom stereocenters. The van der Waals surface area contributed by atoms with E-state index in [0.717, 1.165) is 11.8 Å². The lowest BCUT2D eigenvalue weighted by Gasteiger charge is -2.60. The van der Waals surface area contributed by atoms with Crippen LogP contribution in [-0.2, 0) is 0 Å². The zero-order valence-corrected chi connectivity index (χ0v) is 12.4. The Morgan fingerprint density at radius 3 is 1.65 bits per heavy atom. The Balaban J connectivity index is 1.44. The molecule has 0 aromatic carbocycles. The van der Waals surface area contributed by atoms with Crippen LogP contribution in [0.3, 0.4) is 0 Å². The fourth-order valence-corrected chi connectivity index (χ4v) is 6.53. The molecule has 0 unspecified atom stereocenters. The summed E-state index contributed by atoms with van der Waals surface area (Å²) in [5, 5.41) is 22.8. The Labute approximate surface area is 122 Å². The lowest BCUT2D eigenvalue weighted by molar-refractivity contribution is -0.207. The van der Waals surface area contributed by atoms with E-state index in [1.165, 1.54) is 57.8 Å². The second kappa shape index (κ2) is 3.81. The molecule has 0 heterocycles. The summed E-state index contributed by atoms with van der Waals surface area (Å²) < 4.78 is 0. The molecule has 2 N–H and O–H groups in total. The summed E-state index contributed by atoms with van der Waals surface area (Å²) in [5.41, 5.74) is -1.03. The summed E-state index contributed by atoms with van der Waals surface area (Å²) in [7, 11) is 0. The van der Waals surface area contributed by atoms with Gasteiger partial charge in [0.05, 0.1) is 11.2 Å². The van der Waals surface area contributed by atoms with Crippen LogP contribution in [0.4, 0.5) is 0 Å². The monoisotopic (exact) mass is 276 g/mol. The molecule has 0 saturated heterocycles. The Kier molecular flexibility index (Phi) is 2.38. The van der Waals surface area contributed by atoms with Crippen LogP contribution in [0.5, 0.6) is 0 Å². The molecule has 0 aromatic heterocycles. The molecule has 6 aliphatic carbocycles. The topological polar surface area (TPSA) is 40.5 Å². The van der Waals surface area contributed by atoms with Gasteiger partial charge in [-0.05, 0) is 93.3 Å². The zero-order chi connectivity index (χ0) is 13.5. The quantitative estimate of drug-likeness (QED) is 0.828. The van der Waals surface area contributed by atoms with Gasteiger partial charge in [-0.2, -0.15) is 0 Å². The van der Waals surface area contributed by atoms with E-state index in [9.17, 15) is 10.2 Å². The molecule has 0 aromatic rings. The van der Waals surface area contributed by atoms with E-state index in [-0.39, 0.29) is 0 Å². The van der Waals surface area contributed by atoms with E-state index in [4.69, 9.17) is 0 Å². The highest BCUT2D eigenvalue weighted by atomic mass is 16.3. The highest BCUT2D eigenvalue weighted by molar-refractivity contribution is 5.13. The lowest BCUT2D eigenvalue weighted by atomic mass is 9.48. The fraction of sp³-hybridized carbons (Fsp3) is 1.00. The second-order valence-corrected chi connectivity index (χ2v) is 9.01. The van der Waals surface area contributed by atoms with Gasteiger partial charge in [-0.1, -0.05) is 0 Å². The van der Waals surface area contributed by atoms with Gasteiger partial charge in [0.1, 0.15) is 0 Å². The van der Waals surface area contributed by atoms with Crippen molar-refractivity contribution in [3.8, 4) is 0 Å². The Morgan fingerprint density at radius 2 is 1.25 bits per heavy atom. The standard InChI is InChI=1S/C18H28O2/c19-17(13-1-2-13,14-3-4-14)10-18(20)15-6-11-5-12(8-15)9-16(18)7-11/h11-16,19-20H,1-10H2. The Morgan fingerprint density at radius 1 is 0.800 bits per heavy atom. The first-order chi connectivity index (χ1) is 9.58. The molecular weight excluding hydrogens is 248 g/mol. The second-order valence-electron chi connectivity index (χ2n) is 9.01. The van der Waals surface area contributed by atoms with Crippen molar-refractivity contribution in [3.63, 3.8) is 0 Å². The first-order valence-corrected chi connectivity index (χ1v) is 9.02. The molecule has 0 aliphatic heterocycles. The highest BCUT2D eigenvalue weighted by Gasteiger charge is 2.62. The lowest BCUT2D eigenvalue weighted by Crippen LogP contribution is -2.61. The zero-order valence-electron chi connectivity index (χ0n) is 12.4. The number of rotatable bonds is 4. The number of hydrogen-bond acceptors (Lipinski definition) is 2. The van der Waals surface area contributed by atoms with Gasteiger partial charge >= 0.3 is 0 Å². The van der Waals surface area contributed by atoms with Crippen molar-refractivity contribution >= 4 is 0 Å². The molecule has 0 spiro atoms. The van der Waals surface area contributed by atoms with Crippen LogP contribution in [0.25, 0.3) is 0 Å². The number of aliphatic hydroxyl groups is 2. The van der Waals surface area contributed by atoms with E-state index in [2.05, 4.69) is 0 Å². The molecule has 6 saturated carbocycles. The summed E-state index contributed by atoms with van der Waals surface area (Å²) in [4.78, 5) is 0. The molecule has 2 nitrogen and oxygen atoms in total. The van der Waals surface area contributed by atoms with E-state index in [0.29, 0.717) is 30.1 Å². The molecule has 6 rings (SSSR count). The average Bonchev–Trinajstić information content (AvgIpc) is 3.28. The number of hydrogen-bond donors (Lipinski definition) is 2. The SMILES string of the molecule is OC(CC1(O)C2CC3CC(C2)CC1C3)(C1CC1)C1CC1. The molecule has 6 aliphatic rings. The Bertz CT molecular complexity index is 381. The molecule has 4 bridgehead atoms. The minimum atomic E-state index is -0.520. The van der Waals surface area contributed by atoms with Gasteiger partial charge in [0, 0.05) is 6.42 Å². The van der Waals surface area contributed by atoms with Crippen molar-refractivity contribution in [2.45, 2.75) is 75.4 Å². The van der Waals surface area contributed by atoms with Gasteiger partial charge in [-0.3, -0.25) is 0 Å². The van der Waals surface area contributed by atoms with E-state index < -0.39 is 11.2 Å². The van der Waals surface area contributed by atoms with Crippen LogP contribution in [0, 0.1) is 35.5 Å². The van der Waals surface area contributed by atoms with Crippen LogP contribution in [-0.4, -0.2) is 21.4 Å². The molecule has 0 amide bonds. The van der Waals surface area contributed by atoms with E-state index in [1.54, 1.807) is 0 Å². The summed E-state index contributed by atoms with van der Waals surface area (Å²) in [6.45, 7) is 0. The van der Waals surface area contributed by atoms with Crippen molar-refractivity contribution in [1.82, 2.24) is 0 Å². The maximum Gasteiger partial charge on any atom is 0.0731 e. The first kappa shape index (κ1) is 12.5. The molecule has 6 fully saturated rings. The summed E-state index contributed by atoms with van der Waals surface area (Å²) >= 11 is 0. The third-order valence-electron chi connectivity index (χ3n) is 7.69. The van der Waals surface area contributed by atoms with Gasteiger partial charge in [0.25, 0.3) is 0 Å². The maximum absolute atomic E-state index is 11.5. The Hall–Kier alpha value is -0.0800. The molecule has 20 heavy (non-hydrogen) atoms.